The summed E-state index contributed by atoms with van der Waals surface area (Å²) >= 11 is 0. The molecule has 2 aliphatic rings. The second-order valence-electron chi connectivity index (χ2n) is 9.23. The van der Waals surface area contributed by atoms with Crippen molar-refractivity contribution in [3.63, 3.8) is 0 Å². The van der Waals surface area contributed by atoms with E-state index in [2.05, 4.69) is 20.2 Å². The number of alkyl halides is 3. The molecule has 1 N–H and O–H groups in total. The van der Waals surface area contributed by atoms with Crippen molar-refractivity contribution < 1.29 is 22.8 Å². The minimum absolute atomic E-state index is 0.0574. The number of nitrogens with one attached hydrogen (secondary N) is 1. The highest BCUT2D eigenvalue weighted by Gasteiger charge is 2.49. The van der Waals surface area contributed by atoms with Crippen LogP contribution in [0.15, 0.2) is 30.3 Å². The molecule has 35 heavy (non-hydrogen) atoms. The first kappa shape index (κ1) is 24.9. The van der Waals surface area contributed by atoms with E-state index in [9.17, 15) is 22.8 Å². The van der Waals surface area contributed by atoms with Gasteiger partial charge in [-0.05, 0) is 19.1 Å². The predicted octanol–water partition coefficient (Wildman–Crippen LogP) is 3.34. The summed E-state index contributed by atoms with van der Waals surface area (Å²) in [5.74, 6) is 0.301. The van der Waals surface area contributed by atoms with Crippen molar-refractivity contribution >= 4 is 29.0 Å². The van der Waals surface area contributed by atoms with Gasteiger partial charge in [0.1, 0.15) is 17.7 Å². The first-order valence-corrected chi connectivity index (χ1v) is 11.6. The van der Waals surface area contributed by atoms with Gasteiger partial charge in [0, 0.05) is 43.9 Å². The Hall–Kier alpha value is -3.21. The smallest absolute Gasteiger partial charge is 0.354 e. The number of carbonyl (C=O) groups is 2. The zero-order valence-electron chi connectivity index (χ0n) is 20.0. The topological polar surface area (TPSA) is 81.7 Å². The molecular formula is C24H29F3N6O2. The number of piperazine rings is 1. The highest BCUT2D eigenvalue weighted by atomic mass is 19.4. The molecule has 1 atom stereocenters. The van der Waals surface area contributed by atoms with Gasteiger partial charge < -0.3 is 10.2 Å². The number of aromatic nitrogens is 2. The fourth-order valence-electron chi connectivity index (χ4n) is 4.39. The van der Waals surface area contributed by atoms with Gasteiger partial charge in [0.05, 0.1) is 24.3 Å². The molecule has 3 heterocycles. The second-order valence-corrected chi connectivity index (χ2v) is 9.23. The number of para-hydroxylation sites is 2. The van der Waals surface area contributed by atoms with Gasteiger partial charge in [-0.1, -0.05) is 26.0 Å². The quantitative estimate of drug-likeness (QED) is 0.708. The summed E-state index contributed by atoms with van der Waals surface area (Å²) in [6.45, 7) is 7.96. The van der Waals surface area contributed by atoms with Gasteiger partial charge in [0.15, 0.2) is 0 Å². The first-order chi connectivity index (χ1) is 16.5. The van der Waals surface area contributed by atoms with Crippen LogP contribution in [0.3, 0.4) is 0 Å². The average molecular weight is 491 g/mol. The summed E-state index contributed by atoms with van der Waals surface area (Å²) in [6.07, 6.45) is -5.59. The molecule has 0 bridgehead atoms. The Labute approximate surface area is 202 Å². The van der Waals surface area contributed by atoms with Gasteiger partial charge in [0.25, 0.3) is 0 Å². The average Bonchev–Trinajstić information content (AvgIpc) is 2.94. The van der Waals surface area contributed by atoms with Crippen molar-refractivity contribution in [1.29, 1.82) is 0 Å². The Morgan fingerprint density at radius 2 is 1.83 bits per heavy atom. The molecule has 4 rings (SSSR count). The number of amides is 2. The van der Waals surface area contributed by atoms with Crippen LogP contribution in [0.1, 0.15) is 37.7 Å². The third-order valence-corrected chi connectivity index (χ3v) is 6.20. The lowest BCUT2D eigenvalue weighted by molar-refractivity contribution is -0.158. The zero-order valence-corrected chi connectivity index (χ0v) is 20.0. The van der Waals surface area contributed by atoms with Gasteiger partial charge in [0.2, 0.25) is 11.8 Å². The molecule has 0 aliphatic carbocycles. The lowest BCUT2D eigenvalue weighted by Crippen LogP contribution is -2.55. The van der Waals surface area contributed by atoms with Gasteiger partial charge in [-0.2, -0.15) is 13.2 Å². The van der Waals surface area contributed by atoms with Crippen LogP contribution < -0.4 is 15.1 Å². The maximum atomic E-state index is 13.9. The summed E-state index contributed by atoms with van der Waals surface area (Å²) in [6, 6.07) is 5.78. The van der Waals surface area contributed by atoms with Crippen LogP contribution in [0.4, 0.5) is 30.4 Å². The van der Waals surface area contributed by atoms with E-state index in [-0.39, 0.29) is 23.8 Å². The molecule has 1 fully saturated rings. The van der Waals surface area contributed by atoms with Crippen molar-refractivity contribution in [2.75, 3.05) is 47.8 Å². The molecule has 2 aromatic rings. The summed E-state index contributed by atoms with van der Waals surface area (Å²) < 4.78 is 41.8. The highest BCUT2D eigenvalue weighted by molar-refractivity contribution is 6.05. The third kappa shape index (κ3) is 5.55. The standard InChI is InChI=1S/C24H29F3N6O2/c1-15(2)23-28-16(3)12-20(30-23)32-10-8-31(9-11-32)14-22(35)33-18-7-5-4-6-17(18)29-21(34)13-19(33)24(25,26)27/h4-7,12,15,19H,8-11,13-14H2,1-3H3,(H,29,34)/t19-/m1/s1. The highest BCUT2D eigenvalue weighted by Crippen LogP contribution is 2.37. The van der Waals surface area contributed by atoms with Crippen LogP contribution in [0.2, 0.25) is 0 Å². The maximum absolute atomic E-state index is 13.9. The van der Waals surface area contributed by atoms with Gasteiger partial charge in [-0.15, -0.1) is 0 Å². The summed E-state index contributed by atoms with van der Waals surface area (Å²) in [5, 5.41) is 2.49. The van der Waals surface area contributed by atoms with Gasteiger partial charge >= 0.3 is 6.18 Å². The number of hydrogen-bond donors (Lipinski definition) is 1. The van der Waals surface area contributed by atoms with E-state index in [4.69, 9.17) is 0 Å². The van der Waals surface area contributed by atoms with Crippen molar-refractivity contribution in [2.45, 2.75) is 45.3 Å². The van der Waals surface area contributed by atoms with Crippen molar-refractivity contribution in [3.05, 3.63) is 41.9 Å². The first-order valence-electron chi connectivity index (χ1n) is 11.6. The third-order valence-electron chi connectivity index (χ3n) is 6.20. The van der Waals surface area contributed by atoms with Crippen molar-refractivity contribution in [3.8, 4) is 0 Å². The van der Waals surface area contributed by atoms with Crippen LogP contribution in [-0.4, -0.2) is 71.6 Å². The van der Waals surface area contributed by atoms with Crippen LogP contribution in [0, 0.1) is 6.92 Å². The molecule has 1 aromatic heterocycles. The van der Waals surface area contributed by atoms with E-state index < -0.39 is 30.5 Å². The molecule has 1 saturated heterocycles. The number of benzene rings is 1. The zero-order chi connectivity index (χ0) is 25.3. The lowest BCUT2D eigenvalue weighted by Gasteiger charge is -2.37. The molecule has 11 heteroatoms. The molecule has 188 valence electrons. The van der Waals surface area contributed by atoms with E-state index in [1.165, 1.54) is 12.1 Å². The fraction of sp³-hybridized carbons (Fsp3) is 0.500. The van der Waals surface area contributed by atoms with Crippen molar-refractivity contribution in [2.24, 2.45) is 0 Å². The van der Waals surface area contributed by atoms with Gasteiger partial charge in [-0.3, -0.25) is 19.4 Å². The van der Waals surface area contributed by atoms with Crippen LogP contribution >= 0.6 is 0 Å². The molecule has 0 radical (unpaired) electrons. The molecule has 0 saturated carbocycles. The molecule has 8 nitrogen and oxygen atoms in total. The van der Waals surface area contributed by atoms with Gasteiger partial charge in [-0.25, -0.2) is 9.97 Å². The number of halogens is 3. The SMILES string of the molecule is Cc1cc(N2CCN(CC(=O)N3c4ccccc4NC(=O)C[C@@H]3C(F)(F)F)CC2)nc(C(C)C)n1. The fourth-order valence-corrected chi connectivity index (χ4v) is 4.39. The summed E-state index contributed by atoms with van der Waals surface area (Å²) in [4.78, 5) is 39.2. The Balaban J connectivity index is 1.49. The molecule has 2 amide bonds. The predicted molar refractivity (Wildman–Crippen MR) is 127 cm³/mol. The Morgan fingerprint density at radius 3 is 2.49 bits per heavy atom. The summed E-state index contributed by atoms with van der Waals surface area (Å²) in [5.41, 5.74) is 1.13. The minimum atomic E-state index is -4.75. The van der Waals surface area contributed by atoms with E-state index in [1.807, 2.05) is 31.7 Å². The number of nitrogens with zero attached hydrogens (tertiary/aromatic N) is 5. The number of aryl methyl sites for hydroxylation is 1. The van der Waals surface area contributed by atoms with Crippen molar-refractivity contribution in [1.82, 2.24) is 14.9 Å². The summed E-state index contributed by atoms with van der Waals surface area (Å²) in [7, 11) is 0. The number of hydrogen-bond acceptors (Lipinski definition) is 6. The molecule has 0 unspecified atom stereocenters. The molecule has 0 spiro atoms. The van der Waals surface area contributed by atoms with E-state index >= 15 is 0 Å². The Bertz CT molecular complexity index is 1100. The molecular weight excluding hydrogens is 461 g/mol. The largest absolute Gasteiger partial charge is 0.409 e. The molecule has 2 aliphatic heterocycles. The lowest BCUT2D eigenvalue weighted by atomic mass is 10.1. The number of carbonyl (C=O) groups excluding carboxylic acids is 2. The Morgan fingerprint density at radius 1 is 1.14 bits per heavy atom. The van der Waals surface area contributed by atoms with E-state index in [0.29, 0.717) is 26.2 Å². The number of anilines is 3. The minimum Gasteiger partial charge on any atom is -0.354 e. The van der Waals surface area contributed by atoms with E-state index in [1.54, 1.807) is 12.1 Å². The molecule has 1 aromatic carbocycles. The maximum Gasteiger partial charge on any atom is 0.409 e. The van der Waals surface area contributed by atoms with Crippen LogP contribution in [0.5, 0.6) is 0 Å². The van der Waals surface area contributed by atoms with Crippen LogP contribution in [0.25, 0.3) is 0 Å². The number of fused-ring (bicyclic) bond motifs is 1. The number of rotatable bonds is 4. The monoisotopic (exact) mass is 490 g/mol. The van der Waals surface area contributed by atoms with E-state index in [0.717, 1.165) is 22.2 Å². The normalized spacial score (nSPS) is 19.4. The second kappa shape index (κ2) is 9.80. The van der Waals surface area contributed by atoms with Crippen LogP contribution in [-0.2, 0) is 9.59 Å². The Kier molecular flexibility index (Phi) is 6.98.